The second-order valence-corrected chi connectivity index (χ2v) is 5.70. The van der Waals surface area contributed by atoms with Gasteiger partial charge in [0.1, 0.15) is 0 Å². The van der Waals surface area contributed by atoms with Crippen molar-refractivity contribution in [3.05, 3.63) is 45.9 Å². The monoisotopic (exact) mass is 298 g/mol. The minimum Gasteiger partial charge on any atom is -0.298 e. The molecule has 0 aliphatic rings. The Morgan fingerprint density at radius 3 is 2.83 bits per heavy atom. The number of carbonyl (C=O) groups excluding carboxylic acids is 1. The van der Waals surface area contributed by atoms with Crippen molar-refractivity contribution in [2.75, 3.05) is 11.6 Å². The molecule has 0 bridgehead atoms. The third kappa shape index (κ3) is 3.48. The summed E-state index contributed by atoms with van der Waals surface area (Å²) < 4.78 is 0. The lowest BCUT2D eigenvalue weighted by atomic mass is 10.2. The number of rotatable bonds is 4. The fourth-order valence-corrected chi connectivity index (χ4v) is 2.73. The fourth-order valence-electron chi connectivity index (χ4n) is 1.35. The van der Waals surface area contributed by atoms with Gasteiger partial charge in [0.2, 0.25) is 0 Å². The van der Waals surface area contributed by atoms with E-state index in [2.05, 4.69) is 10.3 Å². The van der Waals surface area contributed by atoms with Crippen LogP contribution in [0.5, 0.6) is 0 Å². The van der Waals surface area contributed by atoms with Crippen molar-refractivity contribution in [1.29, 1.82) is 0 Å². The topological polar surface area (TPSA) is 42.0 Å². The predicted octanol–water partition coefficient (Wildman–Crippen LogP) is 3.91. The Morgan fingerprint density at radius 1 is 1.44 bits per heavy atom. The molecule has 1 aromatic heterocycles. The Bertz CT molecular complexity index is 539. The Balaban J connectivity index is 2.04. The lowest BCUT2D eigenvalue weighted by Gasteiger charge is -2.01. The first-order chi connectivity index (χ1) is 8.69. The molecule has 94 valence electrons. The summed E-state index contributed by atoms with van der Waals surface area (Å²) in [5.41, 5.74) is 1.56. The molecule has 6 heteroatoms. The van der Waals surface area contributed by atoms with E-state index in [1.54, 1.807) is 36.0 Å². The molecular formula is C12H11ClN2OS2. The molecule has 0 spiro atoms. The zero-order chi connectivity index (χ0) is 13.0. The zero-order valence-electron chi connectivity index (χ0n) is 9.64. The van der Waals surface area contributed by atoms with E-state index in [0.29, 0.717) is 15.7 Å². The van der Waals surface area contributed by atoms with Crippen molar-refractivity contribution in [3.63, 3.8) is 0 Å². The standard InChI is InChI=1S/C12H11ClN2OS2/c1-17-6-10-7-18-12(14-10)15-11(16)8-2-4-9(13)5-3-8/h2-5,7H,6H2,1H3,(H,14,15,16). The van der Waals surface area contributed by atoms with E-state index in [0.717, 1.165) is 11.4 Å². The summed E-state index contributed by atoms with van der Waals surface area (Å²) in [6.45, 7) is 0. The molecule has 0 atom stereocenters. The Hall–Kier alpha value is -1.04. The van der Waals surface area contributed by atoms with E-state index in [9.17, 15) is 4.79 Å². The number of thioether (sulfide) groups is 1. The Morgan fingerprint density at radius 2 is 2.17 bits per heavy atom. The number of anilines is 1. The molecule has 0 fully saturated rings. The smallest absolute Gasteiger partial charge is 0.257 e. The van der Waals surface area contributed by atoms with Crippen LogP contribution in [0.1, 0.15) is 16.1 Å². The lowest BCUT2D eigenvalue weighted by Crippen LogP contribution is -2.11. The molecule has 0 saturated carbocycles. The first kappa shape index (κ1) is 13.4. The van der Waals surface area contributed by atoms with Gasteiger partial charge in [-0.25, -0.2) is 4.98 Å². The van der Waals surface area contributed by atoms with E-state index < -0.39 is 0 Å². The number of hydrogen-bond acceptors (Lipinski definition) is 4. The van der Waals surface area contributed by atoms with Crippen molar-refractivity contribution in [1.82, 2.24) is 4.98 Å². The molecule has 0 unspecified atom stereocenters. The third-order valence-corrected chi connectivity index (χ3v) is 3.81. The summed E-state index contributed by atoms with van der Waals surface area (Å²) in [6.07, 6.45) is 2.02. The van der Waals surface area contributed by atoms with Gasteiger partial charge in [-0.3, -0.25) is 10.1 Å². The van der Waals surface area contributed by atoms with Crippen LogP contribution in [-0.2, 0) is 5.75 Å². The van der Waals surface area contributed by atoms with Crippen molar-refractivity contribution in [2.45, 2.75) is 5.75 Å². The summed E-state index contributed by atoms with van der Waals surface area (Å²) in [4.78, 5) is 16.2. The molecule has 2 aromatic rings. The van der Waals surface area contributed by atoms with E-state index >= 15 is 0 Å². The van der Waals surface area contributed by atoms with Gasteiger partial charge in [-0.05, 0) is 30.5 Å². The SMILES string of the molecule is CSCc1csc(NC(=O)c2ccc(Cl)cc2)n1. The highest BCUT2D eigenvalue weighted by molar-refractivity contribution is 7.97. The van der Waals surface area contributed by atoms with Crippen LogP contribution in [-0.4, -0.2) is 17.1 Å². The molecular weight excluding hydrogens is 288 g/mol. The van der Waals surface area contributed by atoms with Gasteiger partial charge in [0, 0.05) is 21.7 Å². The van der Waals surface area contributed by atoms with Crippen LogP contribution < -0.4 is 5.32 Å². The number of benzene rings is 1. The van der Waals surface area contributed by atoms with Gasteiger partial charge >= 0.3 is 0 Å². The summed E-state index contributed by atoms with van der Waals surface area (Å²) in [6, 6.07) is 6.76. The summed E-state index contributed by atoms with van der Waals surface area (Å²) in [7, 11) is 0. The highest BCUT2D eigenvalue weighted by atomic mass is 35.5. The summed E-state index contributed by atoms with van der Waals surface area (Å²) in [5.74, 6) is 0.685. The normalized spacial score (nSPS) is 10.3. The van der Waals surface area contributed by atoms with Crippen molar-refractivity contribution in [2.24, 2.45) is 0 Å². The number of halogens is 1. The zero-order valence-corrected chi connectivity index (χ0v) is 12.0. The molecule has 1 heterocycles. The van der Waals surface area contributed by atoms with E-state index in [4.69, 9.17) is 11.6 Å². The Kier molecular flexibility index (Phi) is 4.63. The molecule has 3 nitrogen and oxygen atoms in total. The number of nitrogens with zero attached hydrogens (tertiary/aromatic N) is 1. The minimum absolute atomic E-state index is 0.170. The fraction of sp³-hybridized carbons (Fsp3) is 0.167. The van der Waals surface area contributed by atoms with Gasteiger partial charge in [-0.2, -0.15) is 11.8 Å². The van der Waals surface area contributed by atoms with Gasteiger partial charge in [0.15, 0.2) is 5.13 Å². The van der Waals surface area contributed by atoms with Crippen LogP contribution in [0.2, 0.25) is 5.02 Å². The van der Waals surface area contributed by atoms with Gasteiger partial charge in [0.25, 0.3) is 5.91 Å². The second-order valence-electron chi connectivity index (χ2n) is 3.54. The van der Waals surface area contributed by atoms with Crippen molar-refractivity contribution < 1.29 is 4.79 Å². The molecule has 1 aromatic carbocycles. The van der Waals surface area contributed by atoms with E-state index in [1.807, 2.05) is 11.6 Å². The maximum atomic E-state index is 11.9. The highest BCUT2D eigenvalue weighted by Gasteiger charge is 2.08. The van der Waals surface area contributed by atoms with Gasteiger partial charge in [-0.1, -0.05) is 11.6 Å². The van der Waals surface area contributed by atoms with Crippen LogP contribution in [0.25, 0.3) is 0 Å². The molecule has 2 rings (SSSR count). The number of thiazole rings is 1. The van der Waals surface area contributed by atoms with Gasteiger partial charge < -0.3 is 0 Å². The second kappa shape index (κ2) is 6.22. The molecule has 0 saturated heterocycles. The number of amides is 1. The first-order valence-electron chi connectivity index (χ1n) is 5.19. The molecule has 18 heavy (non-hydrogen) atoms. The van der Waals surface area contributed by atoms with Crippen LogP contribution in [0.4, 0.5) is 5.13 Å². The molecule has 1 N–H and O–H groups in total. The molecule has 0 aliphatic heterocycles. The van der Waals surface area contributed by atoms with Gasteiger partial charge in [0.05, 0.1) is 5.69 Å². The predicted molar refractivity (Wildman–Crippen MR) is 78.7 cm³/mol. The minimum atomic E-state index is -0.170. The molecule has 1 amide bonds. The quantitative estimate of drug-likeness (QED) is 0.930. The highest BCUT2D eigenvalue weighted by Crippen LogP contribution is 2.19. The number of nitrogens with one attached hydrogen (secondary N) is 1. The lowest BCUT2D eigenvalue weighted by molar-refractivity contribution is 0.102. The third-order valence-electron chi connectivity index (χ3n) is 2.17. The van der Waals surface area contributed by atoms with E-state index in [-0.39, 0.29) is 5.91 Å². The van der Waals surface area contributed by atoms with Crippen LogP contribution in [0.3, 0.4) is 0 Å². The largest absolute Gasteiger partial charge is 0.298 e. The summed E-state index contributed by atoms with van der Waals surface area (Å²) >= 11 is 8.91. The average molecular weight is 299 g/mol. The maximum absolute atomic E-state index is 11.9. The van der Waals surface area contributed by atoms with Crippen LogP contribution in [0.15, 0.2) is 29.6 Å². The number of hydrogen-bond donors (Lipinski definition) is 1. The van der Waals surface area contributed by atoms with Crippen LogP contribution in [0, 0.1) is 0 Å². The van der Waals surface area contributed by atoms with Crippen molar-refractivity contribution >= 4 is 45.7 Å². The maximum Gasteiger partial charge on any atom is 0.257 e. The number of carbonyl (C=O) groups is 1. The van der Waals surface area contributed by atoms with E-state index in [1.165, 1.54) is 11.3 Å². The first-order valence-corrected chi connectivity index (χ1v) is 7.84. The van der Waals surface area contributed by atoms with Crippen LogP contribution >= 0.6 is 34.7 Å². The molecule has 0 radical (unpaired) electrons. The van der Waals surface area contributed by atoms with Gasteiger partial charge in [-0.15, -0.1) is 11.3 Å². The number of aromatic nitrogens is 1. The summed E-state index contributed by atoms with van der Waals surface area (Å²) in [5, 5.41) is 5.96. The Labute approximate surface area is 119 Å². The molecule has 0 aliphatic carbocycles. The average Bonchev–Trinajstić information content (AvgIpc) is 2.78. The van der Waals surface area contributed by atoms with Crippen molar-refractivity contribution in [3.8, 4) is 0 Å².